The predicted molar refractivity (Wildman–Crippen MR) is 172 cm³/mol. The van der Waals surface area contributed by atoms with Crippen LogP contribution in [0.2, 0.25) is 0 Å². The molecule has 5 rings (SSSR count). The van der Waals surface area contributed by atoms with Gasteiger partial charge in [0.1, 0.15) is 12.4 Å². The van der Waals surface area contributed by atoms with Gasteiger partial charge >= 0.3 is 0 Å². The maximum Gasteiger partial charge on any atom is 0.271 e. The largest absolute Gasteiger partial charge is 0.497 e. The third-order valence-electron chi connectivity index (χ3n) is 6.58. The van der Waals surface area contributed by atoms with Crippen LogP contribution in [-0.2, 0) is 4.79 Å². The molecule has 0 fully saturated rings. The first-order valence-electron chi connectivity index (χ1n) is 12.8. The van der Waals surface area contributed by atoms with E-state index in [9.17, 15) is 9.59 Å². The number of nitrogens with zero attached hydrogens (tertiary/aromatic N) is 2. The molecular formula is C32H26IN3O5S. The van der Waals surface area contributed by atoms with Crippen molar-refractivity contribution in [2.45, 2.75) is 13.0 Å². The fraction of sp³-hybridized carbons (Fsp3) is 0.156. The number of rotatable bonds is 8. The number of methoxy groups -OCH3 is 2. The predicted octanol–water partition coefficient (Wildman–Crippen LogP) is 4.51. The second-order valence-electron chi connectivity index (χ2n) is 9.20. The summed E-state index contributed by atoms with van der Waals surface area (Å²) in [6.45, 7) is 1.89. The topological polar surface area (TPSA) is 91.2 Å². The summed E-state index contributed by atoms with van der Waals surface area (Å²) in [5, 5.41) is 2.96. The maximum absolute atomic E-state index is 14.0. The van der Waals surface area contributed by atoms with Crippen LogP contribution in [0.15, 0.2) is 87.8 Å². The van der Waals surface area contributed by atoms with Gasteiger partial charge in [-0.3, -0.25) is 14.2 Å². The van der Waals surface area contributed by atoms with Crippen LogP contribution in [0.5, 0.6) is 17.2 Å². The van der Waals surface area contributed by atoms with E-state index in [-0.39, 0.29) is 18.1 Å². The second kappa shape index (κ2) is 12.7. The Bertz CT molecular complexity index is 1900. The van der Waals surface area contributed by atoms with Crippen molar-refractivity contribution >= 4 is 51.6 Å². The molecule has 1 amide bonds. The van der Waals surface area contributed by atoms with Crippen molar-refractivity contribution in [1.29, 1.82) is 0 Å². The first-order chi connectivity index (χ1) is 20.3. The highest BCUT2D eigenvalue weighted by Gasteiger charge is 2.32. The lowest BCUT2D eigenvalue weighted by atomic mass is 9.95. The number of ether oxygens (including phenoxy) is 3. The number of hydrogen-bond donors (Lipinski definition) is 1. The molecule has 0 saturated carbocycles. The summed E-state index contributed by atoms with van der Waals surface area (Å²) in [5.41, 5.74) is 2.79. The minimum Gasteiger partial charge on any atom is -0.497 e. The van der Waals surface area contributed by atoms with E-state index in [1.54, 1.807) is 37.9 Å². The number of halogens is 1. The van der Waals surface area contributed by atoms with Crippen LogP contribution in [0.3, 0.4) is 0 Å². The Hall–Kier alpha value is -4.34. The second-order valence-corrected chi connectivity index (χ2v) is 11.4. The molecule has 4 aromatic rings. The number of fused-ring (bicyclic) bond motifs is 1. The number of benzene rings is 3. The van der Waals surface area contributed by atoms with Gasteiger partial charge in [0.2, 0.25) is 0 Å². The summed E-state index contributed by atoms with van der Waals surface area (Å²) in [6.07, 6.45) is 7.14. The van der Waals surface area contributed by atoms with Gasteiger partial charge in [0, 0.05) is 5.69 Å². The Morgan fingerprint density at radius 1 is 1.14 bits per heavy atom. The van der Waals surface area contributed by atoms with E-state index in [4.69, 9.17) is 25.6 Å². The number of terminal acetylenes is 1. The summed E-state index contributed by atoms with van der Waals surface area (Å²) < 4.78 is 19.4. The summed E-state index contributed by atoms with van der Waals surface area (Å²) in [5.74, 6) is 3.83. The quantitative estimate of drug-likeness (QED) is 0.217. The zero-order valence-electron chi connectivity index (χ0n) is 23.0. The normalized spacial score (nSPS) is 14.5. The van der Waals surface area contributed by atoms with Crippen LogP contribution in [0, 0.1) is 15.9 Å². The van der Waals surface area contributed by atoms with Crippen molar-refractivity contribution in [3.8, 4) is 29.6 Å². The number of carbonyl (C=O) groups is 1. The SMILES string of the molecule is C#CCOc1c(I)cc(/C=c2/sc3n(c2=O)[C@@H](c2ccc(OC)cc2)C(C(=O)Nc2ccccc2)=C(C)N=3)cc1OC. The minimum atomic E-state index is -0.702. The van der Waals surface area contributed by atoms with Gasteiger partial charge in [-0.25, -0.2) is 4.99 Å². The van der Waals surface area contributed by atoms with Crippen molar-refractivity contribution in [2.75, 3.05) is 26.1 Å². The number of amides is 1. The first-order valence-corrected chi connectivity index (χ1v) is 14.7. The molecule has 0 aliphatic carbocycles. The molecule has 1 N–H and O–H groups in total. The van der Waals surface area contributed by atoms with E-state index >= 15 is 0 Å². The van der Waals surface area contributed by atoms with Crippen LogP contribution in [0.25, 0.3) is 6.08 Å². The average molecular weight is 692 g/mol. The molecule has 0 spiro atoms. The molecule has 8 nitrogen and oxygen atoms in total. The Morgan fingerprint density at radius 2 is 1.88 bits per heavy atom. The van der Waals surface area contributed by atoms with Crippen LogP contribution < -0.4 is 34.4 Å². The van der Waals surface area contributed by atoms with Crippen molar-refractivity contribution in [1.82, 2.24) is 4.57 Å². The third-order valence-corrected chi connectivity index (χ3v) is 8.36. The maximum atomic E-state index is 14.0. The smallest absolute Gasteiger partial charge is 0.271 e. The van der Waals surface area contributed by atoms with Gasteiger partial charge in [0.15, 0.2) is 16.3 Å². The third kappa shape index (κ3) is 5.84. The first kappa shape index (κ1) is 29.2. The highest BCUT2D eigenvalue weighted by molar-refractivity contribution is 14.1. The molecule has 2 heterocycles. The molecule has 212 valence electrons. The Morgan fingerprint density at radius 3 is 2.55 bits per heavy atom. The van der Waals surface area contributed by atoms with Gasteiger partial charge in [0.25, 0.3) is 11.5 Å². The molecule has 0 bridgehead atoms. The van der Waals surface area contributed by atoms with Crippen LogP contribution >= 0.6 is 33.9 Å². The Balaban J connectivity index is 1.65. The molecule has 0 radical (unpaired) electrons. The van der Waals surface area contributed by atoms with Crippen LogP contribution in [0.4, 0.5) is 5.69 Å². The summed E-state index contributed by atoms with van der Waals surface area (Å²) in [7, 11) is 3.14. The number of thiazole rings is 1. The number of anilines is 1. The lowest BCUT2D eigenvalue weighted by Crippen LogP contribution is -2.40. The van der Waals surface area contributed by atoms with E-state index in [1.165, 1.54) is 11.3 Å². The van der Waals surface area contributed by atoms with Gasteiger partial charge in [-0.15, -0.1) is 6.42 Å². The molecule has 1 aliphatic rings. The number of para-hydroxylation sites is 1. The van der Waals surface area contributed by atoms with Gasteiger partial charge in [-0.1, -0.05) is 47.6 Å². The van der Waals surface area contributed by atoms with E-state index in [0.29, 0.717) is 43.5 Å². The van der Waals surface area contributed by atoms with Crippen molar-refractivity contribution in [2.24, 2.45) is 4.99 Å². The average Bonchev–Trinajstić information content (AvgIpc) is 3.29. The molecule has 10 heteroatoms. The van der Waals surface area contributed by atoms with Gasteiger partial charge < -0.3 is 19.5 Å². The van der Waals surface area contributed by atoms with Crippen LogP contribution in [0.1, 0.15) is 24.1 Å². The van der Waals surface area contributed by atoms with Crippen molar-refractivity contribution in [3.05, 3.63) is 112 Å². The van der Waals surface area contributed by atoms with E-state index < -0.39 is 6.04 Å². The van der Waals surface area contributed by atoms with E-state index in [2.05, 4.69) is 33.8 Å². The molecule has 1 aromatic heterocycles. The van der Waals surface area contributed by atoms with Crippen molar-refractivity contribution < 1.29 is 19.0 Å². The van der Waals surface area contributed by atoms with E-state index in [0.717, 1.165) is 14.7 Å². The summed E-state index contributed by atoms with van der Waals surface area (Å²) in [6, 6.07) is 19.5. The molecule has 42 heavy (non-hydrogen) atoms. The fourth-order valence-corrected chi connectivity index (χ4v) is 6.49. The molecule has 1 atom stereocenters. The van der Waals surface area contributed by atoms with Gasteiger partial charge in [-0.2, -0.15) is 0 Å². The number of aromatic nitrogens is 1. The number of hydrogen-bond acceptors (Lipinski definition) is 7. The highest BCUT2D eigenvalue weighted by atomic mass is 127. The summed E-state index contributed by atoms with van der Waals surface area (Å²) in [4.78, 5) is 32.9. The molecule has 1 aliphatic heterocycles. The van der Waals surface area contributed by atoms with Gasteiger partial charge in [-0.05, 0) is 83.1 Å². The van der Waals surface area contributed by atoms with Crippen LogP contribution in [-0.4, -0.2) is 31.3 Å². The molecule has 0 unspecified atom stereocenters. The highest BCUT2D eigenvalue weighted by Crippen LogP contribution is 2.34. The summed E-state index contributed by atoms with van der Waals surface area (Å²) >= 11 is 3.41. The number of carbonyl (C=O) groups excluding carboxylic acids is 1. The molecular weight excluding hydrogens is 665 g/mol. The fourth-order valence-electron chi connectivity index (χ4n) is 4.66. The van der Waals surface area contributed by atoms with Gasteiger partial charge in [0.05, 0.1) is 39.6 Å². The lowest BCUT2D eigenvalue weighted by Gasteiger charge is -2.25. The van der Waals surface area contributed by atoms with E-state index in [1.807, 2.05) is 60.7 Å². The lowest BCUT2D eigenvalue weighted by molar-refractivity contribution is -0.113. The van der Waals surface area contributed by atoms with Crippen molar-refractivity contribution in [3.63, 3.8) is 0 Å². The monoisotopic (exact) mass is 691 g/mol. The number of nitrogens with one attached hydrogen (secondary N) is 1. The standard InChI is InChI=1S/C32H26IN3O5S/c1-5-15-41-29-24(33)16-20(17-25(29)40-4)18-26-31(38)36-28(21-11-13-23(39-3)14-12-21)27(19(2)34-32(36)42-26)30(37)35-22-9-7-6-8-10-22/h1,6-14,16-18,28H,15H2,2-4H3,(H,35,37)/b26-18+/t28-/m0/s1. The number of allylic oxidation sites excluding steroid dienone is 1. The minimum absolute atomic E-state index is 0.106. The zero-order valence-corrected chi connectivity index (χ0v) is 26.0. The Labute approximate surface area is 260 Å². The Kier molecular flexibility index (Phi) is 8.80. The zero-order chi connectivity index (χ0) is 29.8. The molecule has 3 aromatic carbocycles. The molecule has 0 saturated heterocycles.